The highest BCUT2D eigenvalue weighted by Crippen LogP contribution is 2.42. The second-order valence-electron chi connectivity index (χ2n) is 6.41. The number of likely N-dealkylation sites (tertiary alicyclic amines) is 1. The summed E-state index contributed by atoms with van der Waals surface area (Å²) >= 11 is 0. The first-order valence-electron chi connectivity index (χ1n) is 8.06. The molecule has 0 radical (unpaired) electrons. The van der Waals surface area contributed by atoms with E-state index >= 15 is 0 Å². The molecule has 5 nitrogen and oxygen atoms in total. The van der Waals surface area contributed by atoms with Gasteiger partial charge in [0.15, 0.2) is 0 Å². The van der Waals surface area contributed by atoms with Crippen molar-refractivity contribution in [3.8, 4) is 11.8 Å². The van der Waals surface area contributed by atoms with Gasteiger partial charge in [0.05, 0.1) is 7.11 Å². The average molecular weight is 314 g/mol. The lowest BCUT2D eigenvalue weighted by Crippen LogP contribution is -2.49. The van der Waals surface area contributed by atoms with Crippen molar-refractivity contribution in [2.24, 2.45) is 5.92 Å². The van der Waals surface area contributed by atoms with Gasteiger partial charge in [0.1, 0.15) is 11.3 Å². The Kier molecular flexibility index (Phi) is 4.27. The Morgan fingerprint density at radius 1 is 1.52 bits per heavy atom. The molecule has 3 rings (SSSR count). The van der Waals surface area contributed by atoms with E-state index in [0.29, 0.717) is 18.7 Å². The van der Waals surface area contributed by atoms with Gasteiger partial charge >= 0.3 is 6.09 Å². The quantitative estimate of drug-likeness (QED) is 0.745. The zero-order chi connectivity index (χ0) is 16.4. The number of aliphatic hydroxyl groups is 1. The fraction of sp³-hybridized carbons (Fsp3) is 0.556. The van der Waals surface area contributed by atoms with Crippen molar-refractivity contribution in [3.63, 3.8) is 0 Å². The van der Waals surface area contributed by atoms with Crippen molar-refractivity contribution in [2.75, 3.05) is 13.7 Å². The highest BCUT2D eigenvalue weighted by molar-refractivity contribution is 5.68. The SMILES string of the molecule is COC(=O)N1CC[C@@H]2[C@H]1CCC[C@@]2(O)C#Cc1cc(C)ccn1. The van der Waals surface area contributed by atoms with Gasteiger partial charge in [-0.25, -0.2) is 9.78 Å². The minimum Gasteiger partial charge on any atom is -0.453 e. The van der Waals surface area contributed by atoms with Crippen LogP contribution in [0.1, 0.15) is 36.9 Å². The second kappa shape index (κ2) is 6.21. The first-order valence-corrected chi connectivity index (χ1v) is 8.06. The highest BCUT2D eigenvalue weighted by atomic mass is 16.5. The molecule has 0 spiro atoms. The lowest BCUT2D eigenvalue weighted by Gasteiger charge is -2.39. The standard InChI is InChI=1S/C18H22N2O3/c1-13-6-10-19-14(12-13)5-9-18(22)8-3-4-16-15(18)7-11-20(16)17(21)23-2/h6,10,12,15-16,22H,3-4,7-8,11H2,1-2H3/t15-,16-,18-/m1/s1. The normalized spacial score (nSPS) is 29.4. The van der Waals surface area contributed by atoms with Gasteiger partial charge in [0.25, 0.3) is 0 Å². The molecule has 1 aliphatic carbocycles. The summed E-state index contributed by atoms with van der Waals surface area (Å²) in [6.07, 6.45) is 4.55. The molecule has 2 heterocycles. The number of ether oxygens (including phenoxy) is 1. The maximum Gasteiger partial charge on any atom is 0.409 e. The van der Waals surface area contributed by atoms with Gasteiger partial charge in [-0.3, -0.25) is 0 Å². The molecule has 1 aromatic rings. The number of hydrogen-bond donors (Lipinski definition) is 1. The Labute approximate surface area is 136 Å². The number of fused-ring (bicyclic) bond motifs is 1. The van der Waals surface area contributed by atoms with Crippen LogP contribution in [-0.4, -0.2) is 46.4 Å². The van der Waals surface area contributed by atoms with Gasteiger partial charge in [0.2, 0.25) is 0 Å². The molecule has 1 saturated heterocycles. The molecule has 122 valence electrons. The molecule has 0 bridgehead atoms. The Bertz CT molecular complexity index is 664. The predicted molar refractivity (Wildman–Crippen MR) is 85.7 cm³/mol. The molecule has 0 unspecified atom stereocenters. The number of nitrogens with zero attached hydrogens (tertiary/aromatic N) is 2. The summed E-state index contributed by atoms with van der Waals surface area (Å²) in [6, 6.07) is 3.84. The van der Waals surface area contributed by atoms with Crippen molar-refractivity contribution >= 4 is 6.09 Å². The van der Waals surface area contributed by atoms with Gasteiger partial charge in [-0.15, -0.1) is 0 Å². The van der Waals surface area contributed by atoms with E-state index in [1.54, 1.807) is 11.1 Å². The van der Waals surface area contributed by atoms with Crippen LogP contribution in [0, 0.1) is 24.7 Å². The number of aryl methyl sites for hydroxylation is 1. The number of methoxy groups -OCH3 is 1. The minimum absolute atomic E-state index is 0.0148. The summed E-state index contributed by atoms with van der Waals surface area (Å²) in [4.78, 5) is 17.8. The number of carbonyl (C=O) groups excluding carboxylic acids is 1. The molecule has 1 saturated carbocycles. The summed E-state index contributed by atoms with van der Waals surface area (Å²) in [6.45, 7) is 2.61. The van der Waals surface area contributed by atoms with Crippen LogP contribution in [0.25, 0.3) is 0 Å². The summed E-state index contributed by atoms with van der Waals surface area (Å²) < 4.78 is 4.85. The molecule has 5 heteroatoms. The van der Waals surface area contributed by atoms with Crippen LogP contribution in [0.2, 0.25) is 0 Å². The van der Waals surface area contributed by atoms with E-state index in [0.717, 1.165) is 24.8 Å². The van der Waals surface area contributed by atoms with Crippen LogP contribution in [0.3, 0.4) is 0 Å². The maximum atomic E-state index is 11.9. The summed E-state index contributed by atoms with van der Waals surface area (Å²) in [5.74, 6) is 6.05. The smallest absolute Gasteiger partial charge is 0.409 e. The molecular formula is C18H22N2O3. The van der Waals surface area contributed by atoms with Crippen LogP contribution < -0.4 is 0 Å². The molecule has 23 heavy (non-hydrogen) atoms. The number of carbonyl (C=O) groups is 1. The summed E-state index contributed by atoms with van der Waals surface area (Å²) in [5.41, 5.74) is 0.704. The molecule has 2 fully saturated rings. The molecule has 1 N–H and O–H groups in total. The largest absolute Gasteiger partial charge is 0.453 e. The maximum absolute atomic E-state index is 11.9. The second-order valence-corrected chi connectivity index (χ2v) is 6.41. The van der Waals surface area contributed by atoms with Gasteiger partial charge < -0.3 is 14.7 Å². The fourth-order valence-electron chi connectivity index (χ4n) is 3.81. The van der Waals surface area contributed by atoms with Crippen LogP contribution in [0.5, 0.6) is 0 Å². The zero-order valence-corrected chi connectivity index (χ0v) is 13.6. The van der Waals surface area contributed by atoms with Crippen LogP contribution in [0.15, 0.2) is 18.3 Å². The topological polar surface area (TPSA) is 62.7 Å². The Hall–Kier alpha value is -2.06. The van der Waals surface area contributed by atoms with E-state index in [9.17, 15) is 9.90 Å². The molecule has 1 aliphatic heterocycles. The van der Waals surface area contributed by atoms with E-state index < -0.39 is 5.60 Å². The van der Waals surface area contributed by atoms with Gasteiger partial charge in [0, 0.05) is 24.7 Å². The van der Waals surface area contributed by atoms with Crippen LogP contribution in [-0.2, 0) is 4.74 Å². The van der Waals surface area contributed by atoms with Crippen molar-refractivity contribution in [1.82, 2.24) is 9.88 Å². The van der Waals surface area contributed by atoms with Gasteiger partial charge in [-0.1, -0.05) is 5.92 Å². The number of rotatable bonds is 0. The average Bonchev–Trinajstić information content (AvgIpc) is 2.98. The van der Waals surface area contributed by atoms with Crippen LogP contribution in [0.4, 0.5) is 4.79 Å². The Morgan fingerprint density at radius 3 is 3.09 bits per heavy atom. The zero-order valence-electron chi connectivity index (χ0n) is 13.6. The lowest BCUT2D eigenvalue weighted by atomic mass is 9.73. The molecule has 2 aliphatic rings. The lowest BCUT2D eigenvalue weighted by molar-refractivity contribution is -0.0136. The van der Waals surface area contributed by atoms with E-state index in [-0.39, 0.29) is 18.1 Å². The third-order valence-electron chi connectivity index (χ3n) is 4.95. The number of amides is 1. The van der Waals surface area contributed by atoms with E-state index in [1.165, 1.54) is 7.11 Å². The van der Waals surface area contributed by atoms with E-state index in [2.05, 4.69) is 16.8 Å². The Balaban J connectivity index is 1.83. The predicted octanol–water partition coefficient (Wildman–Crippen LogP) is 2.11. The first-order chi connectivity index (χ1) is 11.0. The van der Waals surface area contributed by atoms with Crippen molar-refractivity contribution in [2.45, 2.75) is 44.2 Å². The van der Waals surface area contributed by atoms with Crippen molar-refractivity contribution in [1.29, 1.82) is 0 Å². The third kappa shape index (κ3) is 3.04. The van der Waals surface area contributed by atoms with Gasteiger partial charge in [-0.2, -0.15) is 0 Å². The molecule has 1 aromatic heterocycles. The summed E-state index contributed by atoms with van der Waals surface area (Å²) in [7, 11) is 1.40. The number of pyridine rings is 1. The van der Waals surface area contributed by atoms with Crippen molar-refractivity contribution in [3.05, 3.63) is 29.6 Å². The number of hydrogen-bond acceptors (Lipinski definition) is 4. The minimum atomic E-state index is -1.06. The summed E-state index contributed by atoms with van der Waals surface area (Å²) in [5, 5.41) is 11.1. The Morgan fingerprint density at radius 2 is 2.35 bits per heavy atom. The highest BCUT2D eigenvalue weighted by Gasteiger charge is 2.50. The molecule has 1 amide bonds. The van der Waals surface area contributed by atoms with E-state index in [4.69, 9.17) is 4.74 Å². The first kappa shape index (κ1) is 15.8. The fourth-order valence-corrected chi connectivity index (χ4v) is 3.81. The van der Waals surface area contributed by atoms with Crippen LogP contribution >= 0.6 is 0 Å². The molecule has 3 atom stereocenters. The third-order valence-corrected chi connectivity index (χ3v) is 4.95. The van der Waals surface area contributed by atoms with Gasteiger partial charge in [-0.05, 0) is 56.2 Å². The monoisotopic (exact) mass is 314 g/mol. The van der Waals surface area contributed by atoms with E-state index in [1.807, 2.05) is 19.1 Å². The number of aromatic nitrogens is 1. The van der Waals surface area contributed by atoms with Crippen molar-refractivity contribution < 1.29 is 14.6 Å². The molecule has 0 aromatic carbocycles. The molecular weight excluding hydrogens is 292 g/mol.